The Kier molecular flexibility index (Phi) is 6.12. The minimum absolute atomic E-state index is 0. The van der Waals surface area contributed by atoms with Gasteiger partial charge in [-0.3, -0.25) is 0 Å². The highest BCUT2D eigenvalue weighted by atomic mass is 35.5. The second kappa shape index (κ2) is 8.05. The fraction of sp³-hybridized carbons (Fsp3) is 0.529. The molecule has 2 aliphatic rings. The summed E-state index contributed by atoms with van der Waals surface area (Å²) in [5.41, 5.74) is 0.871. The number of halogens is 2. The first-order chi connectivity index (χ1) is 12.5. The van der Waals surface area contributed by atoms with E-state index in [4.69, 9.17) is 11.6 Å². The van der Waals surface area contributed by atoms with Crippen LogP contribution in [0.25, 0.3) is 0 Å². The third-order valence-corrected chi connectivity index (χ3v) is 7.55. The molecule has 1 saturated heterocycles. The van der Waals surface area contributed by atoms with Gasteiger partial charge in [-0.05, 0) is 37.5 Å². The molecule has 1 aromatic heterocycles. The molecule has 1 aromatic carbocycles. The third-order valence-electron chi connectivity index (χ3n) is 5.25. The Bertz CT molecular complexity index is 923. The van der Waals surface area contributed by atoms with Crippen molar-refractivity contribution in [3.63, 3.8) is 0 Å². The van der Waals surface area contributed by atoms with Crippen molar-refractivity contribution in [2.75, 3.05) is 19.6 Å². The summed E-state index contributed by atoms with van der Waals surface area (Å²) < 4.78 is 29.5. The van der Waals surface area contributed by atoms with Crippen LogP contribution in [0.1, 0.15) is 36.0 Å². The van der Waals surface area contributed by atoms with Gasteiger partial charge in [0.15, 0.2) is 0 Å². The van der Waals surface area contributed by atoms with Crippen LogP contribution < -0.4 is 5.32 Å². The van der Waals surface area contributed by atoms with Crippen LogP contribution in [-0.2, 0) is 23.1 Å². The van der Waals surface area contributed by atoms with Crippen molar-refractivity contribution >= 4 is 34.0 Å². The Hall–Kier alpha value is -1.19. The minimum Gasteiger partial charge on any atom is -0.312 e. The van der Waals surface area contributed by atoms with Gasteiger partial charge in [0, 0.05) is 37.1 Å². The molecule has 27 heavy (non-hydrogen) atoms. The van der Waals surface area contributed by atoms with Gasteiger partial charge in [-0.25, -0.2) is 8.42 Å². The van der Waals surface area contributed by atoms with Crippen molar-refractivity contribution in [2.45, 2.75) is 43.7 Å². The number of aromatic nitrogens is 3. The van der Waals surface area contributed by atoms with Gasteiger partial charge in [0.1, 0.15) is 11.6 Å². The molecular formula is C17H23Cl2N5O2S. The summed E-state index contributed by atoms with van der Waals surface area (Å²) in [5, 5.41) is 12.4. The summed E-state index contributed by atoms with van der Waals surface area (Å²) in [5.74, 6) is 2.22. The van der Waals surface area contributed by atoms with Crippen molar-refractivity contribution in [1.82, 2.24) is 24.4 Å². The maximum absolute atomic E-state index is 12.9. The molecule has 4 rings (SSSR count). The minimum atomic E-state index is -3.51. The van der Waals surface area contributed by atoms with E-state index >= 15 is 0 Å². The predicted molar refractivity (Wildman–Crippen MR) is 106 cm³/mol. The maximum atomic E-state index is 12.9. The van der Waals surface area contributed by atoms with E-state index in [1.165, 1.54) is 0 Å². The lowest BCUT2D eigenvalue weighted by molar-refractivity contribution is 0.307. The van der Waals surface area contributed by atoms with Crippen LogP contribution in [0.4, 0.5) is 0 Å². The van der Waals surface area contributed by atoms with Crippen LogP contribution in [0.3, 0.4) is 0 Å². The molecule has 1 fully saturated rings. The molecule has 10 heteroatoms. The number of fused-ring (bicyclic) bond motifs is 1. The summed E-state index contributed by atoms with van der Waals surface area (Å²) in [4.78, 5) is 0.262. The summed E-state index contributed by atoms with van der Waals surface area (Å²) in [6.45, 7) is 5.36. The van der Waals surface area contributed by atoms with E-state index in [0.717, 1.165) is 49.7 Å². The fourth-order valence-electron chi connectivity index (χ4n) is 3.65. The predicted octanol–water partition coefficient (Wildman–Crippen LogP) is 2.33. The zero-order valence-corrected chi connectivity index (χ0v) is 17.4. The molecule has 0 amide bonds. The lowest BCUT2D eigenvalue weighted by Crippen LogP contribution is -2.38. The van der Waals surface area contributed by atoms with Gasteiger partial charge in [0.25, 0.3) is 0 Å². The molecule has 3 heterocycles. The molecule has 2 aliphatic heterocycles. The van der Waals surface area contributed by atoms with Crippen molar-refractivity contribution in [2.24, 2.45) is 0 Å². The largest absolute Gasteiger partial charge is 0.312 e. The Morgan fingerprint density at radius 2 is 1.93 bits per heavy atom. The first kappa shape index (κ1) is 20.5. The standard InChI is InChI=1S/C17H22ClN5O2S.ClH/c1-12-2-3-14(10-15(12)18)26(24,25)22-7-4-13(5-8-22)17-21-20-16-11-19-6-9-23(16)17;/h2-3,10,13,19H,4-9,11H2,1H3;1H. The average Bonchev–Trinajstić information content (AvgIpc) is 3.08. The van der Waals surface area contributed by atoms with Crippen LogP contribution in [0.15, 0.2) is 23.1 Å². The van der Waals surface area contributed by atoms with E-state index in [2.05, 4.69) is 20.1 Å². The zero-order chi connectivity index (χ0) is 18.3. The van der Waals surface area contributed by atoms with Gasteiger partial charge in [-0.15, -0.1) is 22.6 Å². The average molecular weight is 432 g/mol. The Labute approximate surface area is 170 Å². The van der Waals surface area contributed by atoms with E-state index in [0.29, 0.717) is 18.1 Å². The number of nitrogens with zero attached hydrogens (tertiary/aromatic N) is 4. The highest BCUT2D eigenvalue weighted by Gasteiger charge is 2.32. The van der Waals surface area contributed by atoms with Crippen molar-refractivity contribution in [1.29, 1.82) is 0 Å². The highest BCUT2D eigenvalue weighted by molar-refractivity contribution is 7.89. The maximum Gasteiger partial charge on any atom is 0.243 e. The van der Waals surface area contributed by atoms with E-state index < -0.39 is 10.0 Å². The number of rotatable bonds is 3. The van der Waals surface area contributed by atoms with Gasteiger partial charge in [-0.2, -0.15) is 4.31 Å². The van der Waals surface area contributed by atoms with Crippen LogP contribution in [-0.4, -0.2) is 47.1 Å². The molecule has 2 aromatic rings. The Balaban J connectivity index is 0.00000210. The monoisotopic (exact) mass is 431 g/mol. The second-order valence-electron chi connectivity index (χ2n) is 6.89. The zero-order valence-electron chi connectivity index (χ0n) is 15.1. The van der Waals surface area contributed by atoms with Crippen molar-refractivity contribution in [3.8, 4) is 0 Å². The molecule has 7 nitrogen and oxygen atoms in total. The van der Waals surface area contributed by atoms with Gasteiger partial charge >= 0.3 is 0 Å². The first-order valence-electron chi connectivity index (χ1n) is 8.86. The van der Waals surface area contributed by atoms with Gasteiger partial charge in [0.05, 0.1) is 11.4 Å². The summed E-state index contributed by atoms with van der Waals surface area (Å²) in [6.07, 6.45) is 1.51. The van der Waals surface area contributed by atoms with Gasteiger partial charge < -0.3 is 9.88 Å². The number of sulfonamides is 1. The third kappa shape index (κ3) is 3.86. The Morgan fingerprint density at radius 1 is 1.19 bits per heavy atom. The molecule has 1 N–H and O–H groups in total. The number of nitrogens with one attached hydrogen (secondary N) is 1. The highest BCUT2D eigenvalue weighted by Crippen LogP contribution is 2.31. The number of hydrogen-bond acceptors (Lipinski definition) is 5. The Morgan fingerprint density at radius 3 is 2.63 bits per heavy atom. The molecule has 0 unspecified atom stereocenters. The van der Waals surface area contributed by atoms with E-state index in [9.17, 15) is 8.42 Å². The molecule has 148 valence electrons. The number of benzene rings is 1. The lowest BCUT2D eigenvalue weighted by atomic mass is 9.97. The number of hydrogen-bond donors (Lipinski definition) is 1. The van der Waals surface area contributed by atoms with Crippen molar-refractivity contribution < 1.29 is 8.42 Å². The van der Waals surface area contributed by atoms with E-state index in [-0.39, 0.29) is 23.2 Å². The molecule has 0 atom stereocenters. The van der Waals surface area contributed by atoms with Crippen LogP contribution in [0.2, 0.25) is 5.02 Å². The number of aryl methyl sites for hydroxylation is 1. The second-order valence-corrected chi connectivity index (χ2v) is 9.24. The number of piperidine rings is 1. The van der Waals surface area contributed by atoms with Crippen LogP contribution in [0.5, 0.6) is 0 Å². The normalized spacial score (nSPS) is 18.7. The quantitative estimate of drug-likeness (QED) is 0.806. The summed E-state index contributed by atoms with van der Waals surface area (Å²) >= 11 is 6.11. The summed E-state index contributed by atoms with van der Waals surface area (Å²) in [6, 6.07) is 4.92. The molecule has 0 spiro atoms. The van der Waals surface area contributed by atoms with Crippen LogP contribution in [0, 0.1) is 6.92 Å². The van der Waals surface area contributed by atoms with Gasteiger partial charge in [-0.1, -0.05) is 17.7 Å². The molecule has 0 radical (unpaired) electrons. The SMILES string of the molecule is Cc1ccc(S(=O)(=O)N2CCC(c3nnc4n3CCNC4)CC2)cc1Cl.Cl. The van der Waals surface area contributed by atoms with Crippen LogP contribution >= 0.6 is 24.0 Å². The molecule has 0 aliphatic carbocycles. The molecule has 0 saturated carbocycles. The van der Waals surface area contributed by atoms with E-state index in [1.807, 2.05) is 6.92 Å². The van der Waals surface area contributed by atoms with Gasteiger partial charge in [0.2, 0.25) is 10.0 Å². The summed E-state index contributed by atoms with van der Waals surface area (Å²) in [7, 11) is -3.51. The van der Waals surface area contributed by atoms with Crippen molar-refractivity contribution in [3.05, 3.63) is 40.4 Å². The first-order valence-corrected chi connectivity index (χ1v) is 10.7. The van der Waals surface area contributed by atoms with E-state index in [1.54, 1.807) is 22.5 Å². The topological polar surface area (TPSA) is 80.1 Å². The molecular weight excluding hydrogens is 409 g/mol. The smallest absolute Gasteiger partial charge is 0.243 e. The lowest BCUT2D eigenvalue weighted by Gasteiger charge is -2.31. The fourth-order valence-corrected chi connectivity index (χ4v) is 5.40. The molecule has 0 bridgehead atoms.